The van der Waals surface area contributed by atoms with Gasteiger partial charge in [-0.25, -0.2) is 4.98 Å². The van der Waals surface area contributed by atoms with Gasteiger partial charge in [-0.3, -0.25) is 9.69 Å². The number of hydrogen-bond donors (Lipinski definition) is 1. The molecule has 0 aliphatic rings. The third-order valence-electron chi connectivity index (χ3n) is 2.03. The Bertz CT molecular complexity index is 311. The summed E-state index contributed by atoms with van der Waals surface area (Å²) in [5, 5.41) is 3.08. The maximum Gasteiger partial charge on any atom is 0.241 e. The predicted molar refractivity (Wildman–Crippen MR) is 60.8 cm³/mol. The highest BCUT2D eigenvalue weighted by molar-refractivity contribution is 5.93. The Hall–Kier alpha value is -1.42. The number of aromatic nitrogens is 1. The summed E-state index contributed by atoms with van der Waals surface area (Å²) >= 11 is 0. The van der Waals surface area contributed by atoms with E-state index in [2.05, 4.69) is 10.3 Å². The van der Waals surface area contributed by atoms with Crippen LogP contribution in [0.15, 0.2) is 24.4 Å². The number of anilines is 1. The minimum atomic E-state index is 0.0161. The molecule has 1 amide bonds. The first-order valence-electron chi connectivity index (χ1n) is 5.02. The first kappa shape index (κ1) is 11.7. The lowest BCUT2D eigenvalue weighted by molar-refractivity contribution is -0.117. The minimum absolute atomic E-state index is 0.0161. The summed E-state index contributed by atoms with van der Waals surface area (Å²) in [4.78, 5) is 17.3. The van der Waals surface area contributed by atoms with Crippen LogP contribution in [0.3, 0.4) is 0 Å². The van der Waals surface area contributed by atoms with Gasteiger partial charge in [-0.1, -0.05) is 19.9 Å². The molecule has 0 saturated heterocycles. The standard InChI is InChI=1S/C11H17N3O/c1-9(2)13-8-11(15)14(3)10-6-4-5-7-12-10/h4-7,9,13H,8H2,1-3H3. The van der Waals surface area contributed by atoms with Crippen LogP contribution in [0.25, 0.3) is 0 Å². The molecule has 0 aliphatic carbocycles. The summed E-state index contributed by atoms with van der Waals surface area (Å²) in [6.45, 7) is 4.35. The van der Waals surface area contributed by atoms with Gasteiger partial charge in [0.25, 0.3) is 0 Å². The molecule has 1 heterocycles. The molecular weight excluding hydrogens is 190 g/mol. The van der Waals surface area contributed by atoms with Gasteiger partial charge < -0.3 is 5.32 Å². The maximum absolute atomic E-state index is 11.7. The first-order valence-corrected chi connectivity index (χ1v) is 5.02. The average Bonchev–Trinajstić information content (AvgIpc) is 2.26. The number of likely N-dealkylation sites (N-methyl/N-ethyl adjacent to an activating group) is 1. The molecule has 0 spiro atoms. The lowest BCUT2D eigenvalue weighted by Gasteiger charge is -2.17. The Morgan fingerprint density at radius 1 is 1.53 bits per heavy atom. The quantitative estimate of drug-likeness (QED) is 0.802. The molecule has 4 heteroatoms. The van der Waals surface area contributed by atoms with Gasteiger partial charge in [0, 0.05) is 19.3 Å². The van der Waals surface area contributed by atoms with Crippen molar-refractivity contribution in [1.29, 1.82) is 0 Å². The molecule has 1 N–H and O–H groups in total. The largest absolute Gasteiger partial charge is 0.306 e. The molecule has 0 aliphatic heterocycles. The van der Waals surface area contributed by atoms with Crippen molar-refractivity contribution >= 4 is 11.7 Å². The van der Waals surface area contributed by atoms with Gasteiger partial charge in [-0.2, -0.15) is 0 Å². The van der Waals surface area contributed by atoms with E-state index in [9.17, 15) is 4.79 Å². The second kappa shape index (κ2) is 5.46. The van der Waals surface area contributed by atoms with Crippen LogP contribution in [0.2, 0.25) is 0 Å². The van der Waals surface area contributed by atoms with E-state index in [0.717, 1.165) is 0 Å². The van der Waals surface area contributed by atoms with E-state index >= 15 is 0 Å². The Morgan fingerprint density at radius 3 is 2.80 bits per heavy atom. The van der Waals surface area contributed by atoms with E-state index in [4.69, 9.17) is 0 Å². The first-order chi connectivity index (χ1) is 7.11. The topological polar surface area (TPSA) is 45.2 Å². The highest BCUT2D eigenvalue weighted by Crippen LogP contribution is 2.06. The van der Waals surface area contributed by atoms with Crippen LogP contribution in [-0.4, -0.2) is 30.5 Å². The second-order valence-corrected chi connectivity index (χ2v) is 3.68. The Kier molecular flexibility index (Phi) is 4.24. The Morgan fingerprint density at radius 2 is 2.27 bits per heavy atom. The van der Waals surface area contributed by atoms with Gasteiger partial charge in [0.1, 0.15) is 5.82 Å². The van der Waals surface area contributed by atoms with Gasteiger partial charge in [0.05, 0.1) is 6.54 Å². The van der Waals surface area contributed by atoms with Gasteiger partial charge in [0.2, 0.25) is 5.91 Å². The summed E-state index contributed by atoms with van der Waals surface area (Å²) in [7, 11) is 1.73. The molecule has 0 fully saturated rings. The molecular formula is C11H17N3O. The number of nitrogens with one attached hydrogen (secondary N) is 1. The molecule has 0 bridgehead atoms. The monoisotopic (exact) mass is 207 g/mol. The molecule has 1 rings (SSSR count). The van der Waals surface area contributed by atoms with Crippen molar-refractivity contribution in [2.45, 2.75) is 19.9 Å². The molecule has 0 atom stereocenters. The van der Waals surface area contributed by atoms with E-state index in [1.165, 1.54) is 0 Å². The predicted octanol–water partition coefficient (Wildman–Crippen LogP) is 1.04. The van der Waals surface area contributed by atoms with Gasteiger partial charge in [-0.15, -0.1) is 0 Å². The van der Waals surface area contributed by atoms with Crippen LogP contribution in [0.1, 0.15) is 13.8 Å². The van der Waals surface area contributed by atoms with Crippen molar-refractivity contribution in [2.24, 2.45) is 0 Å². The van der Waals surface area contributed by atoms with E-state index < -0.39 is 0 Å². The van der Waals surface area contributed by atoms with E-state index in [1.54, 1.807) is 18.1 Å². The molecule has 4 nitrogen and oxygen atoms in total. The van der Waals surface area contributed by atoms with Gasteiger partial charge in [-0.05, 0) is 12.1 Å². The summed E-state index contributed by atoms with van der Waals surface area (Å²) in [6.07, 6.45) is 1.68. The van der Waals surface area contributed by atoms with Crippen molar-refractivity contribution in [3.8, 4) is 0 Å². The van der Waals surface area contributed by atoms with Crippen LogP contribution < -0.4 is 10.2 Å². The number of nitrogens with zero attached hydrogens (tertiary/aromatic N) is 2. The fourth-order valence-electron chi connectivity index (χ4n) is 1.09. The molecule has 15 heavy (non-hydrogen) atoms. The Balaban J connectivity index is 2.54. The van der Waals surface area contributed by atoms with Gasteiger partial charge in [0.15, 0.2) is 0 Å². The zero-order valence-corrected chi connectivity index (χ0v) is 9.40. The maximum atomic E-state index is 11.7. The molecule has 82 valence electrons. The SMILES string of the molecule is CC(C)NCC(=O)N(C)c1ccccn1. The van der Waals surface area contributed by atoms with Crippen LogP contribution in [0.5, 0.6) is 0 Å². The molecule has 0 saturated carbocycles. The van der Waals surface area contributed by atoms with Crippen molar-refractivity contribution < 1.29 is 4.79 Å². The number of amides is 1. The zero-order chi connectivity index (χ0) is 11.3. The third-order valence-corrected chi connectivity index (χ3v) is 2.03. The highest BCUT2D eigenvalue weighted by atomic mass is 16.2. The van der Waals surface area contributed by atoms with Gasteiger partial charge >= 0.3 is 0 Å². The third kappa shape index (κ3) is 3.67. The van der Waals surface area contributed by atoms with Crippen LogP contribution in [0.4, 0.5) is 5.82 Å². The van der Waals surface area contributed by atoms with Crippen molar-refractivity contribution in [3.63, 3.8) is 0 Å². The fraction of sp³-hybridized carbons (Fsp3) is 0.455. The Labute approximate surface area is 90.3 Å². The highest BCUT2D eigenvalue weighted by Gasteiger charge is 2.11. The van der Waals surface area contributed by atoms with Crippen molar-refractivity contribution in [1.82, 2.24) is 10.3 Å². The molecule has 0 unspecified atom stereocenters. The van der Waals surface area contributed by atoms with Crippen molar-refractivity contribution in [3.05, 3.63) is 24.4 Å². The van der Waals surface area contributed by atoms with Crippen LogP contribution in [0, 0.1) is 0 Å². The number of carbonyl (C=O) groups is 1. The van der Waals surface area contributed by atoms with Crippen LogP contribution in [-0.2, 0) is 4.79 Å². The van der Waals surface area contributed by atoms with Crippen LogP contribution >= 0.6 is 0 Å². The second-order valence-electron chi connectivity index (χ2n) is 3.68. The zero-order valence-electron chi connectivity index (χ0n) is 9.40. The lowest BCUT2D eigenvalue weighted by atomic mass is 10.3. The summed E-state index contributed by atoms with van der Waals surface area (Å²) in [6, 6.07) is 5.81. The minimum Gasteiger partial charge on any atom is -0.306 e. The van der Waals surface area contributed by atoms with E-state index in [0.29, 0.717) is 18.4 Å². The number of carbonyl (C=O) groups excluding carboxylic acids is 1. The van der Waals surface area contributed by atoms with Crippen molar-refractivity contribution in [2.75, 3.05) is 18.5 Å². The number of rotatable bonds is 4. The summed E-state index contributed by atoms with van der Waals surface area (Å²) in [5.41, 5.74) is 0. The molecule has 0 radical (unpaired) electrons. The fourth-order valence-corrected chi connectivity index (χ4v) is 1.09. The average molecular weight is 207 g/mol. The normalized spacial score (nSPS) is 10.4. The van der Waals surface area contributed by atoms with E-state index in [1.807, 2.05) is 32.0 Å². The number of pyridine rings is 1. The number of hydrogen-bond acceptors (Lipinski definition) is 3. The lowest BCUT2D eigenvalue weighted by Crippen LogP contribution is -2.38. The smallest absolute Gasteiger partial charge is 0.241 e. The van der Waals surface area contributed by atoms with E-state index in [-0.39, 0.29) is 5.91 Å². The summed E-state index contributed by atoms with van der Waals surface area (Å²) in [5.74, 6) is 0.690. The molecule has 0 aromatic carbocycles. The molecule has 1 aromatic rings. The summed E-state index contributed by atoms with van der Waals surface area (Å²) < 4.78 is 0. The molecule has 1 aromatic heterocycles.